The minimum atomic E-state index is 0.538. The van der Waals surface area contributed by atoms with Crippen LogP contribution in [0.15, 0.2) is 39.4 Å². The van der Waals surface area contributed by atoms with Crippen molar-refractivity contribution in [3.05, 3.63) is 45.2 Å². The van der Waals surface area contributed by atoms with Crippen LogP contribution in [0, 0.1) is 0 Å². The van der Waals surface area contributed by atoms with E-state index in [2.05, 4.69) is 41.8 Å². The van der Waals surface area contributed by atoms with Gasteiger partial charge in [0.25, 0.3) is 0 Å². The van der Waals surface area contributed by atoms with Crippen LogP contribution in [0.5, 0.6) is 11.6 Å². The van der Waals surface area contributed by atoms with Gasteiger partial charge >= 0.3 is 0 Å². The topological polar surface area (TPSA) is 35.0 Å². The third-order valence-corrected chi connectivity index (χ3v) is 3.15. The number of aromatic nitrogens is 2. The second-order valence-electron chi connectivity index (χ2n) is 3.33. The highest BCUT2D eigenvalue weighted by Crippen LogP contribution is 2.29. The number of rotatable bonds is 3. The van der Waals surface area contributed by atoms with Crippen LogP contribution in [-0.4, -0.2) is 9.97 Å². The molecule has 2 rings (SSSR count). The van der Waals surface area contributed by atoms with Crippen LogP contribution in [0.1, 0.15) is 12.7 Å². The molecule has 5 heteroatoms. The fourth-order valence-electron chi connectivity index (χ4n) is 1.29. The summed E-state index contributed by atoms with van der Waals surface area (Å²) in [5.41, 5.74) is 0. The molecule has 0 aliphatic carbocycles. The lowest BCUT2D eigenvalue weighted by molar-refractivity contribution is 0.455. The summed E-state index contributed by atoms with van der Waals surface area (Å²) in [7, 11) is 0. The molecule has 0 fully saturated rings. The molecule has 2 aromatic rings. The van der Waals surface area contributed by atoms with Gasteiger partial charge in [0.1, 0.15) is 16.2 Å². The molecule has 1 heterocycles. The SMILES string of the molecule is CCc1nc(Br)cc(Oc2ccccc2Br)n1. The predicted molar refractivity (Wildman–Crippen MR) is 73.3 cm³/mol. The van der Waals surface area contributed by atoms with Gasteiger partial charge in [-0.1, -0.05) is 19.1 Å². The molecule has 0 amide bonds. The molecule has 0 spiro atoms. The zero-order valence-electron chi connectivity index (χ0n) is 9.15. The standard InChI is InChI=1S/C12H10Br2N2O/c1-2-11-15-10(14)7-12(16-11)17-9-6-4-3-5-8(9)13/h3-7H,2H2,1H3. The molecule has 88 valence electrons. The van der Waals surface area contributed by atoms with E-state index in [1.807, 2.05) is 31.2 Å². The van der Waals surface area contributed by atoms with Crippen molar-refractivity contribution in [3.63, 3.8) is 0 Å². The zero-order chi connectivity index (χ0) is 12.3. The molecule has 0 bridgehead atoms. The van der Waals surface area contributed by atoms with Crippen LogP contribution < -0.4 is 4.74 Å². The Bertz CT molecular complexity index is 532. The van der Waals surface area contributed by atoms with Gasteiger partial charge in [0, 0.05) is 12.5 Å². The molecular weight excluding hydrogens is 348 g/mol. The van der Waals surface area contributed by atoms with Crippen LogP contribution in [0.3, 0.4) is 0 Å². The highest BCUT2D eigenvalue weighted by atomic mass is 79.9. The largest absolute Gasteiger partial charge is 0.438 e. The molecule has 0 atom stereocenters. The Morgan fingerprint density at radius 1 is 1.18 bits per heavy atom. The van der Waals surface area contributed by atoms with E-state index in [0.717, 1.165) is 27.1 Å². The Hall–Kier alpha value is -0.940. The van der Waals surface area contributed by atoms with Crippen LogP contribution in [-0.2, 0) is 6.42 Å². The quantitative estimate of drug-likeness (QED) is 0.765. The van der Waals surface area contributed by atoms with E-state index < -0.39 is 0 Å². The smallest absolute Gasteiger partial charge is 0.223 e. The average Bonchev–Trinajstić information content (AvgIpc) is 2.31. The number of nitrogens with zero attached hydrogens (tertiary/aromatic N) is 2. The first-order valence-electron chi connectivity index (χ1n) is 5.15. The van der Waals surface area contributed by atoms with Gasteiger partial charge in [-0.15, -0.1) is 0 Å². The number of ether oxygens (including phenoxy) is 1. The fourth-order valence-corrected chi connectivity index (χ4v) is 2.06. The molecule has 0 N–H and O–H groups in total. The van der Waals surface area contributed by atoms with Crippen molar-refractivity contribution in [2.24, 2.45) is 0 Å². The Kier molecular flexibility index (Phi) is 4.12. The van der Waals surface area contributed by atoms with E-state index in [4.69, 9.17) is 4.74 Å². The minimum absolute atomic E-state index is 0.538. The molecule has 0 saturated carbocycles. The number of aryl methyl sites for hydroxylation is 1. The van der Waals surface area contributed by atoms with Crippen molar-refractivity contribution < 1.29 is 4.74 Å². The van der Waals surface area contributed by atoms with Crippen molar-refractivity contribution in [2.75, 3.05) is 0 Å². The van der Waals surface area contributed by atoms with Crippen molar-refractivity contribution in [2.45, 2.75) is 13.3 Å². The summed E-state index contributed by atoms with van der Waals surface area (Å²) in [5, 5.41) is 0. The zero-order valence-corrected chi connectivity index (χ0v) is 12.3. The Morgan fingerprint density at radius 3 is 2.65 bits per heavy atom. The number of para-hydroxylation sites is 1. The number of halogens is 2. The van der Waals surface area contributed by atoms with Crippen LogP contribution >= 0.6 is 31.9 Å². The lowest BCUT2D eigenvalue weighted by Gasteiger charge is -2.07. The Labute approximate surface area is 117 Å². The summed E-state index contributed by atoms with van der Waals surface area (Å²) in [4.78, 5) is 8.53. The summed E-state index contributed by atoms with van der Waals surface area (Å²) < 4.78 is 7.33. The second kappa shape index (κ2) is 5.60. The first-order chi connectivity index (χ1) is 8.19. The van der Waals surface area contributed by atoms with Gasteiger partial charge in [-0.2, -0.15) is 4.98 Å². The van der Waals surface area contributed by atoms with E-state index in [-0.39, 0.29) is 0 Å². The first kappa shape index (κ1) is 12.5. The highest BCUT2D eigenvalue weighted by Gasteiger charge is 2.06. The van der Waals surface area contributed by atoms with Crippen molar-refractivity contribution in [3.8, 4) is 11.6 Å². The molecule has 1 aromatic heterocycles. The highest BCUT2D eigenvalue weighted by molar-refractivity contribution is 9.10. The van der Waals surface area contributed by atoms with Crippen molar-refractivity contribution in [1.29, 1.82) is 0 Å². The summed E-state index contributed by atoms with van der Waals surface area (Å²) in [5.74, 6) is 2.03. The molecule has 3 nitrogen and oxygen atoms in total. The summed E-state index contributed by atoms with van der Waals surface area (Å²) in [6, 6.07) is 9.40. The average molecular weight is 358 g/mol. The van der Waals surface area contributed by atoms with E-state index in [0.29, 0.717) is 5.88 Å². The first-order valence-corrected chi connectivity index (χ1v) is 6.73. The van der Waals surface area contributed by atoms with E-state index in [9.17, 15) is 0 Å². The van der Waals surface area contributed by atoms with E-state index >= 15 is 0 Å². The van der Waals surface area contributed by atoms with E-state index in [1.54, 1.807) is 6.07 Å². The molecule has 0 aliphatic rings. The molecule has 0 aliphatic heterocycles. The van der Waals surface area contributed by atoms with Gasteiger partial charge in [0.05, 0.1) is 4.47 Å². The lowest BCUT2D eigenvalue weighted by atomic mass is 10.3. The summed E-state index contributed by atoms with van der Waals surface area (Å²) in [6.45, 7) is 2.00. The number of benzene rings is 1. The van der Waals surface area contributed by atoms with Crippen molar-refractivity contribution >= 4 is 31.9 Å². The second-order valence-corrected chi connectivity index (χ2v) is 5.00. The Balaban J connectivity index is 2.30. The normalized spacial score (nSPS) is 10.3. The minimum Gasteiger partial charge on any atom is -0.438 e. The fraction of sp³-hybridized carbons (Fsp3) is 0.167. The van der Waals surface area contributed by atoms with Gasteiger partial charge < -0.3 is 4.74 Å². The van der Waals surface area contributed by atoms with Crippen LogP contribution in [0.2, 0.25) is 0 Å². The third-order valence-electron chi connectivity index (χ3n) is 2.09. The summed E-state index contributed by atoms with van der Waals surface area (Å²) in [6.07, 6.45) is 0.770. The maximum atomic E-state index is 5.70. The van der Waals surface area contributed by atoms with Gasteiger partial charge in [-0.05, 0) is 44.0 Å². The molecule has 1 aromatic carbocycles. The third kappa shape index (κ3) is 3.26. The maximum Gasteiger partial charge on any atom is 0.223 e. The van der Waals surface area contributed by atoms with Gasteiger partial charge in [0.15, 0.2) is 0 Å². The molecule has 0 unspecified atom stereocenters. The van der Waals surface area contributed by atoms with Gasteiger partial charge in [-0.25, -0.2) is 4.98 Å². The van der Waals surface area contributed by atoms with Gasteiger partial charge in [-0.3, -0.25) is 0 Å². The molecule has 0 saturated heterocycles. The number of hydrogen-bond acceptors (Lipinski definition) is 3. The monoisotopic (exact) mass is 356 g/mol. The Morgan fingerprint density at radius 2 is 1.94 bits per heavy atom. The van der Waals surface area contributed by atoms with Crippen LogP contribution in [0.4, 0.5) is 0 Å². The maximum absolute atomic E-state index is 5.70. The predicted octanol–water partition coefficient (Wildman–Crippen LogP) is 4.36. The molecule has 0 radical (unpaired) electrons. The van der Waals surface area contributed by atoms with Crippen LogP contribution in [0.25, 0.3) is 0 Å². The summed E-state index contributed by atoms with van der Waals surface area (Å²) >= 11 is 6.77. The van der Waals surface area contributed by atoms with E-state index in [1.165, 1.54) is 0 Å². The molecule has 17 heavy (non-hydrogen) atoms. The van der Waals surface area contributed by atoms with Crippen molar-refractivity contribution in [1.82, 2.24) is 9.97 Å². The molecular formula is C12H10Br2N2O. The number of hydrogen-bond donors (Lipinski definition) is 0. The lowest BCUT2D eigenvalue weighted by Crippen LogP contribution is -1.96. The van der Waals surface area contributed by atoms with Gasteiger partial charge in [0.2, 0.25) is 5.88 Å².